The van der Waals surface area contributed by atoms with Gasteiger partial charge >= 0.3 is 11.9 Å². The summed E-state index contributed by atoms with van der Waals surface area (Å²) in [6, 6.07) is 3.01. The third-order valence-electron chi connectivity index (χ3n) is 2.21. The molecule has 20 heavy (non-hydrogen) atoms. The predicted molar refractivity (Wildman–Crippen MR) is 71.8 cm³/mol. The molecule has 0 aliphatic heterocycles. The van der Waals surface area contributed by atoms with E-state index in [1.807, 2.05) is 0 Å². The van der Waals surface area contributed by atoms with E-state index in [9.17, 15) is 14.4 Å². The minimum absolute atomic E-state index is 0.0136. The molecule has 0 spiro atoms. The molecule has 1 heterocycles. The van der Waals surface area contributed by atoms with Crippen molar-refractivity contribution in [2.75, 3.05) is 12.3 Å². The second kappa shape index (κ2) is 8.16. The summed E-state index contributed by atoms with van der Waals surface area (Å²) in [5.41, 5.74) is -0.0723. The maximum atomic E-state index is 11.5. The van der Waals surface area contributed by atoms with E-state index in [0.29, 0.717) is 17.9 Å². The molecule has 0 atom stereocenters. The van der Waals surface area contributed by atoms with Crippen molar-refractivity contribution in [3.8, 4) is 0 Å². The first-order chi connectivity index (χ1) is 9.49. The Morgan fingerprint density at radius 2 is 2.05 bits per heavy atom. The van der Waals surface area contributed by atoms with Gasteiger partial charge in [-0.1, -0.05) is 0 Å². The van der Waals surface area contributed by atoms with Crippen molar-refractivity contribution in [2.45, 2.75) is 17.7 Å². The molecule has 0 radical (unpaired) electrons. The molecule has 7 nitrogen and oxygen atoms in total. The van der Waals surface area contributed by atoms with Gasteiger partial charge in [0.2, 0.25) is 5.91 Å². The van der Waals surface area contributed by atoms with Gasteiger partial charge < -0.3 is 15.5 Å². The molecule has 0 aliphatic rings. The minimum atomic E-state index is -1.12. The topological polar surface area (TPSA) is 117 Å². The highest BCUT2D eigenvalue weighted by atomic mass is 32.2. The molecule has 0 aromatic carbocycles. The molecule has 0 saturated carbocycles. The van der Waals surface area contributed by atoms with Crippen molar-refractivity contribution >= 4 is 29.6 Å². The van der Waals surface area contributed by atoms with E-state index in [1.165, 1.54) is 24.0 Å². The summed E-state index contributed by atoms with van der Waals surface area (Å²) in [4.78, 5) is 36.8. The molecule has 1 amide bonds. The van der Waals surface area contributed by atoms with E-state index in [0.717, 1.165) is 0 Å². The smallest absolute Gasteiger partial charge is 0.354 e. The van der Waals surface area contributed by atoms with Crippen LogP contribution in [0.3, 0.4) is 0 Å². The van der Waals surface area contributed by atoms with Gasteiger partial charge in [-0.05, 0) is 18.6 Å². The lowest BCUT2D eigenvalue weighted by atomic mass is 10.3. The van der Waals surface area contributed by atoms with Crippen LogP contribution in [0.15, 0.2) is 23.2 Å². The summed E-state index contributed by atoms with van der Waals surface area (Å²) in [5, 5.41) is 19.8. The fraction of sp³-hybridized carbons (Fsp3) is 0.333. The molecular weight excluding hydrogens is 284 g/mol. The van der Waals surface area contributed by atoms with Crippen LogP contribution in [0.2, 0.25) is 0 Å². The normalized spacial score (nSPS) is 10.0. The van der Waals surface area contributed by atoms with Gasteiger partial charge in [0.15, 0.2) is 0 Å². The largest absolute Gasteiger partial charge is 0.481 e. The van der Waals surface area contributed by atoms with Crippen molar-refractivity contribution < 1.29 is 24.6 Å². The number of carbonyl (C=O) groups excluding carboxylic acids is 1. The SMILES string of the molecule is O=C(O)CCCNC(=O)CSc1ccnc(C(=O)O)c1. The standard InChI is InChI=1S/C12H14N2O5S/c15-10(14-4-1-2-11(16)17)7-20-8-3-5-13-9(6-8)12(18)19/h3,5-6H,1-2,4,7H2,(H,14,15)(H,16,17)(H,18,19). The average Bonchev–Trinajstić information content (AvgIpc) is 2.41. The van der Waals surface area contributed by atoms with Crippen molar-refractivity contribution in [2.24, 2.45) is 0 Å². The second-order valence-corrected chi connectivity index (χ2v) is 4.87. The summed E-state index contributed by atoms with van der Waals surface area (Å²) in [6.07, 6.45) is 1.76. The summed E-state index contributed by atoms with van der Waals surface area (Å²) in [7, 11) is 0. The number of amides is 1. The van der Waals surface area contributed by atoms with E-state index in [-0.39, 0.29) is 23.8 Å². The number of pyridine rings is 1. The van der Waals surface area contributed by atoms with Gasteiger partial charge in [0.1, 0.15) is 5.69 Å². The molecular formula is C12H14N2O5S. The molecule has 1 rings (SSSR count). The van der Waals surface area contributed by atoms with Crippen molar-refractivity contribution in [1.82, 2.24) is 10.3 Å². The number of nitrogens with zero attached hydrogens (tertiary/aromatic N) is 1. The number of rotatable bonds is 8. The molecule has 0 saturated heterocycles. The average molecular weight is 298 g/mol. The Morgan fingerprint density at radius 3 is 2.70 bits per heavy atom. The van der Waals surface area contributed by atoms with Crippen LogP contribution in [0.4, 0.5) is 0 Å². The second-order valence-electron chi connectivity index (χ2n) is 3.82. The summed E-state index contributed by atoms with van der Waals surface area (Å²) in [6.45, 7) is 0.308. The van der Waals surface area contributed by atoms with Crippen LogP contribution in [0.1, 0.15) is 23.3 Å². The van der Waals surface area contributed by atoms with Gasteiger partial charge in [-0.2, -0.15) is 0 Å². The number of aliphatic carboxylic acids is 1. The Balaban J connectivity index is 2.32. The molecule has 3 N–H and O–H groups in total. The van der Waals surface area contributed by atoms with Gasteiger partial charge in [-0.25, -0.2) is 9.78 Å². The first-order valence-electron chi connectivity index (χ1n) is 5.79. The molecule has 8 heteroatoms. The first kappa shape index (κ1) is 16.0. The van der Waals surface area contributed by atoms with Crippen LogP contribution >= 0.6 is 11.8 Å². The fourth-order valence-electron chi connectivity index (χ4n) is 1.29. The predicted octanol–water partition coefficient (Wildman–Crippen LogP) is 0.853. The number of thioether (sulfide) groups is 1. The zero-order chi connectivity index (χ0) is 15.0. The van der Waals surface area contributed by atoms with Crippen LogP contribution < -0.4 is 5.32 Å². The zero-order valence-electron chi connectivity index (χ0n) is 10.5. The number of carboxylic acid groups (broad SMARTS) is 2. The van der Waals surface area contributed by atoms with E-state index in [1.54, 1.807) is 6.07 Å². The van der Waals surface area contributed by atoms with E-state index < -0.39 is 11.9 Å². The number of carbonyl (C=O) groups is 3. The van der Waals surface area contributed by atoms with Crippen molar-refractivity contribution in [1.29, 1.82) is 0 Å². The number of aromatic nitrogens is 1. The zero-order valence-corrected chi connectivity index (χ0v) is 11.4. The molecule has 0 bridgehead atoms. The summed E-state index contributed by atoms with van der Waals surface area (Å²) < 4.78 is 0. The lowest BCUT2D eigenvalue weighted by Crippen LogP contribution is -2.26. The maximum Gasteiger partial charge on any atom is 0.354 e. The Hall–Kier alpha value is -2.09. The monoisotopic (exact) mass is 298 g/mol. The Bertz CT molecular complexity index is 506. The van der Waals surface area contributed by atoms with E-state index >= 15 is 0 Å². The summed E-state index contributed by atoms with van der Waals surface area (Å²) in [5.74, 6) is -2.11. The summed E-state index contributed by atoms with van der Waals surface area (Å²) >= 11 is 1.19. The minimum Gasteiger partial charge on any atom is -0.481 e. The molecule has 108 valence electrons. The van der Waals surface area contributed by atoms with Crippen molar-refractivity contribution in [3.63, 3.8) is 0 Å². The number of hydrogen-bond acceptors (Lipinski definition) is 5. The van der Waals surface area contributed by atoms with E-state index in [2.05, 4.69) is 10.3 Å². The lowest BCUT2D eigenvalue weighted by Gasteiger charge is -2.04. The first-order valence-corrected chi connectivity index (χ1v) is 6.78. The van der Waals surface area contributed by atoms with Crippen LogP contribution in [-0.4, -0.2) is 45.3 Å². The molecule has 0 aliphatic carbocycles. The fourth-order valence-corrected chi connectivity index (χ4v) is 2.04. The van der Waals surface area contributed by atoms with Gasteiger partial charge in [0.05, 0.1) is 5.75 Å². The Kier molecular flexibility index (Phi) is 6.51. The number of aromatic carboxylic acids is 1. The van der Waals surface area contributed by atoms with Gasteiger partial charge in [0.25, 0.3) is 0 Å². The lowest BCUT2D eigenvalue weighted by molar-refractivity contribution is -0.137. The Morgan fingerprint density at radius 1 is 1.30 bits per heavy atom. The van der Waals surface area contributed by atoms with Gasteiger partial charge in [-0.3, -0.25) is 9.59 Å². The molecule has 0 fully saturated rings. The third kappa shape index (κ3) is 6.19. The van der Waals surface area contributed by atoms with Crippen LogP contribution in [0.25, 0.3) is 0 Å². The molecule has 1 aromatic rings. The van der Waals surface area contributed by atoms with Gasteiger partial charge in [-0.15, -0.1) is 11.8 Å². The molecule has 1 aromatic heterocycles. The van der Waals surface area contributed by atoms with Crippen LogP contribution in [-0.2, 0) is 9.59 Å². The third-order valence-corrected chi connectivity index (χ3v) is 3.20. The quantitative estimate of drug-likeness (QED) is 0.481. The number of carboxylic acids is 2. The van der Waals surface area contributed by atoms with Crippen LogP contribution in [0, 0.1) is 0 Å². The maximum absolute atomic E-state index is 11.5. The Labute approximate surface area is 119 Å². The number of nitrogens with one attached hydrogen (secondary N) is 1. The van der Waals surface area contributed by atoms with Gasteiger partial charge in [0, 0.05) is 24.1 Å². The molecule has 0 unspecified atom stereocenters. The van der Waals surface area contributed by atoms with Crippen molar-refractivity contribution in [3.05, 3.63) is 24.0 Å². The highest BCUT2D eigenvalue weighted by Crippen LogP contribution is 2.17. The van der Waals surface area contributed by atoms with Crippen LogP contribution in [0.5, 0.6) is 0 Å². The highest BCUT2D eigenvalue weighted by Gasteiger charge is 2.07. The highest BCUT2D eigenvalue weighted by molar-refractivity contribution is 8.00. The number of hydrogen-bond donors (Lipinski definition) is 3. The van der Waals surface area contributed by atoms with E-state index in [4.69, 9.17) is 10.2 Å².